The average molecular weight is 319 g/mol. The normalized spacial score (nSPS) is 25.0. The maximum absolute atomic E-state index is 12.8. The van der Waals surface area contributed by atoms with E-state index in [4.69, 9.17) is 9.84 Å². The van der Waals surface area contributed by atoms with Crippen molar-refractivity contribution in [2.45, 2.75) is 13.0 Å². The van der Waals surface area contributed by atoms with Crippen LogP contribution in [0.25, 0.3) is 0 Å². The Hall–Kier alpha value is -1.99. The number of carboxylic acid groups (broad SMARTS) is 1. The summed E-state index contributed by atoms with van der Waals surface area (Å²) in [5.41, 5.74) is 1.24. The van der Waals surface area contributed by atoms with E-state index >= 15 is 0 Å². The Morgan fingerprint density at radius 3 is 2.87 bits per heavy atom. The Balaban J connectivity index is 1.82. The highest BCUT2D eigenvalue weighted by Gasteiger charge is 2.36. The number of aliphatic carboxylic acids is 1. The van der Waals surface area contributed by atoms with Crippen LogP contribution in [0.3, 0.4) is 0 Å². The predicted octanol–water partition coefficient (Wildman–Crippen LogP) is 0.247. The average Bonchev–Trinajstić information content (AvgIpc) is 2.76. The minimum absolute atomic E-state index is 0.00226. The number of fused-ring (bicyclic) bond motifs is 3. The molecule has 1 aromatic heterocycles. The van der Waals surface area contributed by atoms with Gasteiger partial charge in [-0.15, -0.1) is 0 Å². The number of carbonyl (C=O) groups is 2. The second kappa shape index (κ2) is 6.64. The van der Waals surface area contributed by atoms with Crippen LogP contribution >= 0.6 is 0 Å². The van der Waals surface area contributed by atoms with Crippen molar-refractivity contribution in [3.63, 3.8) is 0 Å². The lowest BCUT2D eigenvalue weighted by Gasteiger charge is -2.30. The maximum atomic E-state index is 12.8. The lowest BCUT2D eigenvalue weighted by molar-refractivity contribution is -0.138. The second-order valence-electron chi connectivity index (χ2n) is 6.27. The molecule has 23 heavy (non-hydrogen) atoms. The molecule has 7 heteroatoms. The molecule has 3 heterocycles. The number of hydrogen-bond acceptors (Lipinski definition) is 5. The fraction of sp³-hybridized carbons (Fsp3) is 0.562. The summed E-state index contributed by atoms with van der Waals surface area (Å²) in [6.45, 7) is 4.57. The van der Waals surface area contributed by atoms with E-state index in [0.29, 0.717) is 38.5 Å². The first kappa shape index (κ1) is 15.9. The third-order valence-corrected chi connectivity index (χ3v) is 4.27. The van der Waals surface area contributed by atoms with E-state index in [0.717, 1.165) is 5.69 Å². The number of carboxylic acids is 1. The number of carbonyl (C=O) groups excluding carboxylic acids is 1. The highest BCUT2D eigenvalue weighted by Crippen LogP contribution is 2.21. The van der Waals surface area contributed by atoms with Gasteiger partial charge in [-0.3, -0.25) is 14.5 Å². The van der Waals surface area contributed by atoms with Gasteiger partial charge in [0.15, 0.2) is 0 Å². The van der Waals surface area contributed by atoms with E-state index in [1.807, 2.05) is 24.0 Å². The fourth-order valence-electron chi connectivity index (χ4n) is 3.32. The molecule has 0 spiro atoms. The van der Waals surface area contributed by atoms with Crippen molar-refractivity contribution in [2.24, 2.45) is 5.92 Å². The predicted molar refractivity (Wildman–Crippen MR) is 82.2 cm³/mol. The van der Waals surface area contributed by atoms with Gasteiger partial charge in [-0.25, -0.2) is 4.98 Å². The van der Waals surface area contributed by atoms with Crippen molar-refractivity contribution in [1.29, 1.82) is 0 Å². The first-order chi connectivity index (χ1) is 11.0. The first-order valence-corrected chi connectivity index (χ1v) is 7.79. The fourth-order valence-corrected chi connectivity index (χ4v) is 3.32. The first-order valence-electron chi connectivity index (χ1n) is 7.79. The van der Waals surface area contributed by atoms with Crippen LogP contribution in [0, 0.1) is 12.8 Å². The van der Waals surface area contributed by atoms with Crippen molar-refractivity contribution < 1.29 is 19.4 Å². The summed E-state index contributed by atoms with van der Waals surface area (Å²) < 4.78 is 5.67. The Bertz CT molecular complexity index is 607. The molecule has 3 rings (SSSR count). The molecule has 0 aliphatic carbocycles. The highest BCUT2D eigenvalue weighted by molar-refractivity contribution is 5.92. The molecule has 0 saturated carbocycles. The zero-order valence-corrected chi connectivity index (χ0v) is 13.1. The number of nitrogens with zero attached hydrogens (tertiary/aromatic N) is 3. The Labute approximate surface area is 134 Å². The third kappa shape index (κ3) is 3.68. The van der Waals surface area contributed by atoms with Crippen molar-refractivity contribution in [1.82, 2.24) is 14.8 Å². The zero-order chi connectivity index (χ0) is 16.4. The van der Waals surface area contributed by atoms with Crippen LogP contribution in [-0.4, -0.2) is 77.2 Å². The molecule has 2 bridgehead atoms. The number of aromatic nitrogens is 1. The van der Waals surface area contributed by atoms with Crippen molar-refractivity contribution in [2.75, 3.05) is 39.4 Å². The topological polar surface area (TPSA) is 83.0 Å². The molecule has 2 fully saturated rings. The molecule has 0 radical (unpaired) electrons. The number of hydrogen-bond donors (Lipinski definition) is 1. The Kier molecular flexibility index (Phi) is 4.58. The molecule has 124 valence electrons. The summed E-state index contributed by atoms with van der Waals surface area (Å²) in [6.07, 6.45) is 0. The summed E-state index contributed by atoms with van der Waals surface area (Å²) in [4.78, 5) is 31.9. The molecular formula is C16H21N3O4. The molecule has 0 unspecified atom stereocenters. The summed E-state index contributed by atoms with van der Waals surface area (Å²) >= 11 is 0. The van der Waals surface area contributed by atoms with Gasteiger partial charge >= 0.3 is 5.97 Å². The SMILES string of the molecule is Cc1cccc(C(=O)N2C[C@H]3COC[C@@H]2CN(CC(=O)O)C3)n1. The van der Waals surface area contributed by atoms with E-state index < -0.39 is 5.97 Å². The van der Waals surface area contributed by atoms with Gasteiger partial charge in [0.05, 0.1) is 25.8 Å². The van der Waals surface area contributed by atoms with Crippen LogP contribution in [0.15, 0.2) is 18.2 Å². The minimum atomic E-state index is -0.843. The van der Waals surface area contributed by atoms with Crippen molar-refractivity contribution in [3.8, 4) is 0 Å². The molecule has 1 N–H and O–H groups in total. The molecule has 2 aliphatic rings. The van der Waals surface area contributed by atoms with Gasteiger partial charge in [0.25, 0.3) is 5.91 Å². The summed E-state index contributed by atoms with van der Waals surface area (Å²) in [7, 11) is 0. The molecule has 1 aromatic rings. The number of pyridine rings is 1. The van der Waals surface area contributed by atoms with Crippen LogP contribution in [0.2, 0.25) is 0 Å². The third-order valence-electron chi connectivity index (χ3n) is 4.27. The lowest BCUT2D eigenvalue weighted by atomic mass is 10.1. The molecule has 0 aromatic carbocycles. The van der Waals surface area contributed by atoms with Gasteiger partial charge in [-0.1, -0.05) is 6.07 Å². The standard InChI is InChI=1S/C16H21N3O4/c1-11-3-2-4-14(17-11)16(22)19-6-12-5-18(8-15(20)21)7-13(19)10-23-9-12/h2-4,12-13H,5-10H2,1H3,(H,20,21)/t12-,13-/m0/s1. The highest BCUT2D eigenvalue weighted by atomic mass is 16.5. The Morgan fingerprint density at radius 1 is 1.30 bits per heavy atom. The molecule has 2 atom stereocenters. The van der Waals surface area contributed by atoms with E-state index in [1.54, 1.807) is 11.0 Å². The molecule has 1 amide bonds. The summed E-state index contributed by atoms with van der Waals surface area (Å²) in [5.74, 6) is -0.828. The van der Waals surface area contributed by atoms with Crippen LogP contribution in [0.4, 0.5) is 0 Å². The summed E-state index contributed by atoms with van der Waals surface area (Å²) in [6, 6.07) is 5.26. The molecular weight excluding hydrogens is 298 g/mol. The van der Waals surface area contributed by atoms with Crippen LogP contribution in [0.1, 0.15) is 16.2 Å². The lowest BCUT2D eigenvalue weighted by Crippen LogP contribution is -2.47. The summed E-state index contributed by atoms with van der Waals surface area (Å²) in [5, 5.41) is 9.04. The Morgan fingerprint density at radius 2 is 2.13 bits per heavy atom. The zero-order valence-electron chi connectivity index (χ0n) is 13.1. The number of ether oxygens (including phenoxy) is 1. The number of amides is 1. The van der Waals surface area contributed by atoms with Gasteiger partial charge in [0.2, 0.25) is 0 Å². The van der Waals surface area contributed by atoms with E-state index in [1.165, 1.54) is 0 Å². The van der Waals surface area contributed by atoms with Gasteiger partial charge in [0, 0.05) is 31.2 Å². The minimum Gasteiger partial charge on any atom is -0.480 e. The van der Waals surface area contributed by atoms with E-state index in [2.05, 4.69) is 4.98 Å². The van der Waals surface area contributed by atoms with Crippen molar-refractivity contribution in [3.05, 3.63) is 29.6 Å². The van der Waals surface area contributed by atoms with Gasteiger partial charge in [0.1, 0.15) is 5.69 Å². The van der Waals surface area contributed by atoms with Crippen molar-refractivity contribution >= 4 is 11.9 Å². The van der Waals surface area contributed by atoms with Gasteiger partial charge < -0.3 is 14.7 Å². The second-order valence-corrected chi connectivity index (χ2v) is 6.27. The van der Waals surface area contributed by atoms with E-state index in [-0.39, 0.29) is 24.4 Å². The van der Waals surface area contributed by atoms with Crippen LogP contribution in [-0.2, 0) is 9.53 Å². The molecule has 7 nitrogen and oxygen atoms in total. The van der Waals surface area contributed by atoms with Gasteiger partial charge in [-0.2, -0.15) is 0 Å². The maximum Gasteiger partial charge on any atom is 0.317 e. The number of rotatable bonds is 3. The molecule has 2 aliphatic heterocycles. The monoisotopic (exact) mass is 319 g/mol. The molecule has 2 saturated heterocycles. The van der Waals surface area contributed by atoms with Gasteiger partial charge in [-0.05, 0) is 19.1 Å². The largest absolute Gasteiger partial charge is 0.480 e. The quantitative estimate of drug-likeness (QED) is 0.860. The smallest absolute Gasteiger partial charge is 0.317 e. The van der Waals surface area contributed by atoms with E-state index in [9.17, 15) is 9.59 Å². The number of aryl methyl sites for hydroxylation is 1. The van der Waals surface area contributed by atoms with Crippen LogP contribution < -0.4 is 0 Å². The van der Waals surface area contributed by atoms with Crippen LogP contribution in [0.5, 0.6) is 0 Å².